The number of rotatable bonds is 6. The molecule has 1 saturated carbocycles. The van der Waals surface area contributed by atoms with E-state index in [-0.39, 0.29) is 11.8 Å². The fraction of sp³-hybridized carbons (Fsp3) is 0.737. The van der Waals surface area contributed by atoms with E-state index in [9.17, 15) is 9.59 Å². The zero-order valence-corrected chi connectivity index (χ0v) is 16.2. The van der Waals surface area contributed by atoms with Crippen LogP contribution in [-0.4, -0.2) is 72.1 Å². The molecule has 27 heavy (non-hydrogen) atoms. The summed E-state index contributed by atoms with van der Waals surface area (Å²) in [6.07, 6.45) is 7.24. The minimum Gasteiger partial charge on any atom is -0.360 e. The molecule has 8 nitrogen and oxygen atoms in total. The van der Waals surface area contributed by atoms with Crippen molar-refractivity contribution in [1.82, 2.24) is 20.3 Å². The average Bonchev–Trinajstić information content (AvgIpc) is 2.88. The number of nitrogens with one attached hydrogen (secondary N) is 2. The van der Waals surface area contributed by atoms with Crippen LogP contribution in [0.1, 0.15) is 44.3 Å². The molecule has 1 aliphatic heterocycles. The van der Waals surface area contributed by atoms with Gasteiger partial charge in [0.25, 0.3) is 0 Å². The maximum Gasteiger partial charge on any atom is 0.239 e. The molecule has 0 atom stereocenters. The van der Waals surface area contributed by atoms with Crippen LogP contribution < -0.4 is 10.6 Å². The van der Waals surface area contributed by atoms with E-state index < -0.39 is 0 Å². The van der Waals surface area contributed by atoms with Crippen molar-refractivity contribution in [2.75, 3.05) is 44.6 Å². The van der Waals surface area contributed by atoms with Crippen LogP contribution in [0.5, 0.6) is 0 Å². The number of carbonyl (C=O) groups is 2. The lowest BCUT2D eigenvalue weighted by molar-refractivity contribution is -0.124. The van der Waals surface area contributed by atoms with Gasteiger partial charge in [-0.15, -0.1) is 0 Å². The molecule has 2 N–H and O–H groups in total. The normalized spacial score (nSPS) is 20.2. The van der Waals surface area contributed by atoms with Gasteiger partial charge in [0.2, 0.25) is 11.8 Å². The lowest BCUT2D eigenvalue weighted by atomic mass is 10.1. The average molecular weight is 377 g/mol. The largest absolute Gasteiger partial charge is 0.360 e. The van der Waals surface area contributed by atoms with Crippen LogP contribution in [0.2, 0.25) is 0 Å². The third-order valence-electron chi connectivity index (χ3n) is 5.32. The number of anilines is 1. The fourth-order valence-corrected chi connectivity index (χ4v) is 3.82. The summed E-state index contributed by atoms with van der Waals surface area (Å²) in [5.41, 5.74) is 0. The topological polar surface area (TPSA) is 90.7 Å². The third kappa shape index (κ3) is 6.62. The van der Waals surface area contributed by atoms with Gasteiger partial charge in [-0.1, -0.05) is 30.8 Å². The Morgan fingerprint density at radius 2 is 1.63 bits per heavy atom. The first-order valence-electron chi connectivity index (χ1n) is 10.1. The van der Waals surface area contributed by atoms with Gasteiger partial charge in [0.15, 0.2) is 5.82 Å². The molecule has 2 fully saturated rings. The van der Waals surface area contributed by atoms with Crippen LogP contribution in [0.4, 0.5) is 5.82 Å². The Balaban J connectivity index is 1.33. The van der Waals surface area contributed by atoms with Gasteiger partial charge in [-0.25, -0.2) is 0 Å². The predicted octanol–water partition coefficient (Wildman–Crippen LogP) is 1.38. The molecule has 2 heterocycles. The number of nitrogens with zero attached hydrogens (tertiary/aromatic N) is 3. The first-order valence-corrected chi connectivity index (χ1v) is 10.1. The summed E-state index contributed by atoms with van der Waals surface area (Å²) in [4.78, 5) is 28.7. The van der Waals surface area contributed by atoms with Crippen molar-refractivity contribution in [3.05, 3.63) is 11.8 Å². The number of carbonyl (C=O) groups excluding carboxylic acids is 2. The molecule has 1 aromatic rings. The zero-order chi connectivity index (χ0) is 19.1. The van der Waals surface area contributed by atoms with Gasteiger partial charge in [0, 0.05) is 38.3 Å². The maximum atomic E-state index is 12.3. The number of aryl methyl sites for hydroxylation is 1. The van der Waals surface area contributed by atoms with Crippen LogP contribution in [0.3, 0.4) is 0 Å². The van der Waals surface area contributed by atoms with Crippen LogP contribution >= 0.6 is 0 Å². The highest BCUT2D eigenvalue weighted by atomic mass is 16.5. The number of hydrogen-bond donors (Lipinski definition) is 2. The fourth-order valence-electron chi connectivity index (χ4n) is 3.82. The van der Waals surface area contributed by atoms with Crippen molar-refractivity contribution in [1.29, 1.82) is 0 Å². The molecule has 3 rings (SSSR count). The standard InChI is InChI=1S/C19H31N5O3/c1-15-12-17(22-27-15)21-19(26)14-24-10-8-23(9-11-24)13-18(25)20-16-6-4-2-3-5-7-16/h12,16H,2-11,13-14H2,1H3,(H,20,25)(H,21,22,26). The summed E-state index contributed by atoms with van der Waals surface area (Å²) in [7, 11) is 0. The van der Waals surface area contributed by atoms with E-state index in [0.29, 0.717) is 30.7 Å². The molecule has 1 saturated heterocycles. The number of aromatic nitrogens is 1. The lowest BCUT2D eigenvalue weighted by Crippen LogP contribution is -2.51. The number of piperazine rings is 1. The Morgan fingerprint density at radius 1 is 1.04 bits per heavy atom. The number of amides is 2. The molecule has 1 aliphatic carbocycles. The van der Waals surface area contributed by atoms with Crippen molar-refractivity contribution >= 4 is 17.6 Å². The molecule has 150 valence electrons. The van der Waals surface area contributed by atoms with E-state index in [1.807, 2.05) is 0 Å². The summed E-state index contributed by atoms with van der Waals surface area (Å²) < 4.78 is 4.94. The molecule has 0 bridgehead atoms. The van der Waals surface area contributed by atoms with Crippen LogP contribution in [0.25, 0.3) is 0 Å². The van der Waals surface area contributed by atoms with Crippen LogP contribution in [0.15, 0.2) is 10.6 Å². The molecule has 0 unspecified atom stereocenters. The molecule has 2 amide bonds. The summed E-state index contributed by atoms with van der Waals surface area (Å²) in [6, 6.07) is 2.05. The summed E-state index contributed by atoms with van der Waals surface area (Å²) in [5.74, 6) is 1.16. The van der Waals surface area contributed by atoms with E-state index >= 15 is 0 Å². The predicted molar refractivity (Wildman–Crippen MR) is 102 cm³/mol. The first-order chi connectivity index (χ1) is 13.1. The molecular weight excluding hydrogens is 346 g/mol. The Morgan fingerprint density at radius 3 is 2.19 bits per heavy atom. The highest BCUT2D eigenvalue weighted by Gasteiger charge is 2.22. The molecule has 0 aromatic carbocycles. The van der Waals surface area contributed by atoms with Gasteiger partial charge in [0.05, 0.1) is 13.1 Å². The SMILES string of the molecule is Cc1cc(NC(=O)CN2CCN(CC(=O)NC3CCCCCC3)CC2)no1. The smallest absolute Gasteiger partial charge is 0.239 e. The maximum absolute atomic E-state index is 12.3. The van der Waals surface area contributed by atoms with Crippen molar-refractivity contribution in [3.8, 4) is 0 Å². The molecule has 0 radical (unpaired) electrons. The quantitative estimate of drug-likeness (QED) is 0.728. The molecule has 8 heteroatoms. The van der Waals surface area contributed by atoms with Gasteiger partial charge in [0.1, 0.15) is 5.76 Å². The van der Waals surface area contributed by atoms with E-state index in [2.05, 4.69) is 25.6 Å². The van der Waals surface area contributed by atoms with Crippen LogP contribution in [-0.2, 0) is 9.59 Å². The molecule has 1 aromatic heterocycles. The highest BCUT2D eigenvalue weighted by Crippen LogP contribution is 2.17. The van der Waals surface area contributed by atoms with E-state index in [1.54, 1.807) is 13.0 Å². The third-order valence-corrected chi connectivity index (χ3v) is 5.32. The highest BCUT2D eigenvalue weighted by molar-refractivity contribution is 5.91. The van der Waals surface area contributed by atoms with Crippen molar-refractivity contribution in [2.45, 2.75) is 51.5 Å². The van der Waals surface area contributed by atoms with Crippen molar-refractivity contribution < 1.29 is 14.1 Å². The Labute approximate surface area is 160 Å². The molecule has 0 spiro atoms. The Hall–Kier alpha value is -1.93. The summed E-state index contributed by atoms with van der Waals surface area (Å²) in [6.45, 7) is 5.73. The zero-order valence-electron chi connectivity index (χ0n) is 16.2. The Bertz CT molecular complexity index is 617. The first kappa shape index (κ1) is 19.8. The summed E-state index contributed by atoms with van der Waals surface area (Å²) >= 11 is 0. The molecular formula is C19H31N5O3. The number of hydrogen-bond acceptors (Lipinski definition) is 6. The Kier molecular flexibility index (Phi) is 7.23. The monoisotopic (exact) mass is 377 g/mol. The minimum absolute atomic E-state index is 0.0946. The van der Waals surface area contributed by atoms with E-state index in [4.69, 9.17) is 4.52 Å². The minimum atomic E-state index is -0.0946. The van der Waals surface area contributed by atoms with Crippen molar-refractivity contribution in [3.63, 3.8) is 0 Å². The van der Waals surface area contributed by atoms with Gasteiger partial charge >= 0.3 is 0 Å². The lowest BCUT2D eigenvalue weighted by Gasteiger charge is -2.34. The van der Waals surface area contributed by atoms with E-state index in [1.165, 1.54) is 25.7 Å². The second kappa shape index (κ2) is 9.85. The van der Waals surface area contributed by atoms with Gasteiger partial charge < -0.3 is 15.2 Å². The molecule has 2 aliphatic rings. The van der Waals surface area contributed by atoms with Gasteiger partial charge in [-0.3, -0.25) is 19.4 Å². The van der Waals surface area contributed by atoms with Crippen molar-refractivity contribution in [2.24, 2.45) is 0 Å². The van der Waals surface area contributed by atoms with E-state index in [0.717, 1.165) is 39.0 Å². The second-order valence-corrected chi connectivity index (χ2v) is 7.68. The van der Waals surface area contributed by atoms with Crippen LogP contribution in [0, 0.1) is 6.92 Å². The van der Waals surface area contributed by atoms with Gasteiger partial charge in [-0.05, 0) is 19.8 Å². The van der Waals surface area contributed by atoms with Gasteiger partial charge in [-0.2, -0.15) is 0 Å². The second-order valence-electron chi connectivity index (χ2n) is 7.68. The summed E-state index contributed by atoms with van der Waals surface area (Å²) in [5, 5.41) is 9.71.